The summed E-state index contributed by atoms with van der Waals surface area (Å²) in [4.78, 5) is 4.55. The first kappa shape index (κ1) is 11.1. The monoisotopic (exact) mass is 294 g/mol. The minimum Gasteiger partial charge on any atom is -0.338 e. The van der Waals surface area contributed by atoms with Crippen molar-refractivity contribution in [1.29, 1.82) is 0 Å². The maximum absolute atomic E-state index is 4.32. The third-order valence-electron chi connectivity index (χ3n) is 2.47. The van der Waals surface area contributed by atoms with Crippen molar-refractivity contribution in [3.8, 4) is 0 Å². The van der Waals surface area contributed by atoms with E-state index in [-0.39, 0.29) is 0 Å². The molecule has 0 saturated carbocycles. The highest BCUT2D eigenvalue weighted by Crippen LogP contribution is 2.27. The number of hydrogen-bond acceptors (Lipinski definition) is 10. The Labute approximate surface area is 110 Å². The largest absolute Gasteiger partial charge is 0.338 e. The zero-order chi connectivity index (χ0) is 10.8. The van der Waals surface area contributed by atoms with Crippen molar-refractivity contribution in [3.05, 3.63) is 0 Å². The second-order valence-electron chi connectivity index (χ2n) is 3.32. The molecule has 3 rings (SSSR count). The molecule has 0 bridgehead atoms. The lowest BCUT2D eigenvalue weighted by Crippen LogP contribution is -2.53. The van der Waals surface area contributed by atoms with Gasteiger partial charge in [-0.3, -0.25) is 9.44 Å². The molecule has 0 radical (unpaired) electrons. The van der Waals surface area contributed by atoms with E-state index in [1.807, 2.05) is 0 Å². The van der Waals surface area contributed by atoms with Gasteiger partial charge in [0.05, 0.1) is 22.0 Å². The summed E-state index contributed by atoms with van der Waals surface area (Å²) in [5, 5.41) is 0. The summed E-state index contributed by atoms with van der Waals surface area (Å²) >= 11 is 0. The smallest absolute Gasteiger partial charge is 0.217 e. The maximum atomic E-state index is 4.32. The molecule has 16 heavy (non-hydrogen) atoms. The second-order valence-corrected chi connectivity index (χ2v) is 6.62. The van der Waals surface area contributed by atoms with Gasteiger partial charge in [0.15, 0.2) is 0 Å². The van der Waals surface area contributed by atoms with Gasteiger partial charge < -0.3 is 9.80 Å². The first-order chi connectivity index (χ1) is 7.93. The molecule has 6 nitrogen and oxygen atoms in total. The lowest BCUT2D eigenvalue weighted by Gasteiger charge is -2.35. The Morgan fingerprint density at radius 2 is 1.25 bits per heavy atom. The molecule has 10 heteroatoms. The quantitative estimate of drug-likeness (QED) is 0.506. The molecule has 3 heterocycles. The summed E-state index contributed by atoms with van der Waals surface area (Å²) in [5.41, 5.74) is 0. The Bertz CT molecular complexity index is 293. The number of nitrogens with zero attached hydrogens (tertiary/aromatic N) is 4. The van der Waals surface area contributed by atoms with Crippen LogP contribution in [0.15, 0.2) is 8.80 Å². The summed E-state index contributed by atoms with van der Waals surface area (Å²) < 4.78 is 15.0. The summed E-state index contributed by atoms with van der Waals surface area (Å²) in [5.74, 6) is 2.00. The van der Waals surface area contributed by atoms with Crippen molar-refractivity contribution >= 4 is 55.8 Å². The molecule has 0 atom stereocenters. The van der Waals surface area contributed by atoms with Gasteiger partial charge in [0.1, 0.15) is 0 Å². The Hall–Kier alpha value is -0.0600. The molecule has 0 aromatic heterocycles. The van der Waals surface area contributed by atoms with Gasteiger partial charge in [-0.2, -0.15) is 8.80 Å². The van der Waals surface area contributed by atoms with Gasteiger partial charge in [-0.15, -0.1) is 0 Å². The van der Waals surface area contributed by atoms with Crippen LogP contribution in [-0.4, -0.2) is 47.9 Å². The van der Waals surface area contributed by atoms with E-state index < -0.39 is 0 Å². The normalized spacial score (nSPS) is 25.0. The molecule has 1 saturated heterocycles. The van der Waals surface area contributed by atoms with Crippen molar-refractivity contribution in [2.75, 3.05) is 26.2 Å². The topological polar surface area (TPSA) is 55.3 Å². The van der Waals surface area contributed by atoms with E-state index in [4.69, 9.17) is 0 Å². The van der Waals surface area contributed by atoms with E-state index in [0.717, 1.165) is 38.1 Å². The van der Waals surface area contributed by atoms with Crippen molar-refractivity contribution in [3.63, 3.8) is 0 Å². The molecule has 0 aliphatic carbocycles. The van der Waals surface area contributed by atoms with Crippen LogP contribution < -0.4 is 9.44 Å². The molecule has 1 fully saturated rings. The predicted molar refractivity (Wildman–Crippen MR) is 74.7 cm³/mol. The SMILES string of the molecule is C1CN(C2=NSSN2)CCN1C1=NSSN1. The standard InChI is InChI=1S/C6H10N6S4/c1-2-12(6-9-15-16-10-6)4-3-11(1)5-7-13-14-8-5/h1-4H2,(H,7,8)(H,9,10). The molecule has 3 aliphatic heterocycles. The van der Waals surface area contributed by atoms with Gasteiger partial charge in [0, 0.05) is 48.1 Å². The fourth-order valence-electron chi connectivity index (χ4n) is 1.63. The molecule has 0 amide bonds. The molecular formula is C6H10N6S4. The zero-order valence-electron chi connectivity index (χ0n) is 8.25. The van der Waals surface area contributed by atoms with Crippen LogP contribution in [0.3, 0.4) is 0 Å². The van der Waals surface area contributed by atoms with Gasteiger partial charge in [0.2, 0.25) is 11.9 Å². The Morgan fingerprint density at radius 1 is 0.812 bits per heavy atom. The zero-order valence-corrected chi connectivity index (χ0v) is 11.5. The highest BCUT2D eigenvalue weighted by molar-refractivity contribution is 8.76. The van der Waals surface area contributed by atoms with Gasteiger partial charge >= 0.3 is 0 Å². The van der Waals surface area contributed by atoms with Crippen LogP contribution in [0.1, 0.15) is 0 Å². The molecule has 0 unspecified atom stereocenters. The fourth-order valence-corrected chi connectivity index (χ4v) is 4.18. The lowest BCUT2D eigenvalue weighted by atomic mass is 10.3. The van der Waals surface area contributed by atoms with Gasteiger partial charge in [-0.25, -0.2) is 0 Å². The minimum absolute atomic E-state index is 0.989. The predicted octanol–water partition coefficient (Wildman–Crippen LogP) is 0.945. The van der Waals surface area contributed by atoms with Gasteiger partial charge in [-0.1, -0.05) is 0 Å². The van der Waals surface area contributed by atoms with Crippen LogP contribution in [0.5, 0.6) is 0 Å². The molecule has 0 aromatic rings. The summed E-state index contributed by atoms with van der Waals surface area (Å²) in [7, 11) is 6.13. The third-order valence-corrected chi connectivity index (χ3v) is 5.04. The summed E-state index contributed by atoms with van der Waals surface area (Å²) in [6.45, 7) is 3.96. The fraction of sp³-hybridized carbons (Fsp3) is 0.667. The Morgan fingerprint density at radius 3 is 1.56 bits per heavy atom. The Kier molecular flexibility index (Phi) is 3.50. The first-order valence-corrected chi connectivity index (χ1v) is 8.98. The second kappa shape index (κ2) is 5.07. The number of rotatable bonds is 0. The summed E-state index contributed by atoms with van der Waals surface area (Å²) in [6.07, 6.45) is 0. The number of guanidine groups is 2. The minimum atomic E-state index is 0.989. The molecule has 88 valence electrons. The van der Waals surface area contributed by atoms with Crippen molar-refractivity contribution < 1.29 is 0 Å². The van der Waals surface area contributed by atoms with E-state index in [9.17, 15) is 0 Å². The average molecular weight is 294 g/mol. The molecule has 0 aromatic carbocycles. The van der Waals surface area contributed by atoms with Crippen LogP contribution in [-0.2, 0) is 0 Å². The third kappa shape index (κ3) is 2.29. The van der Waals surface area contributed by atoms with Crippen molar-refractivity contribution in [2.45, 2.75) is 0 Å². The molecule has 0 spiro atoms. The number of nitrogens with one attached hydrogen (secondary N) is 2. The van der Waals surface area contributed by atoms with Crippen LogP contribution in [0, 0.1) is 0 Å². The molecular weight excluding hydrogens is 284 g/mol. The molecule has 3 aliphatic rings. The number of hydrogen-bond donors (Lipinski definition) is 2. The van der Waals surface area contributed by atoms with E-state index in [1.165, 1.54) is 22.0 Å². The van der Waals surface area contributed by atoms with E-state index >= 15 is 0 Å². The summed E-state index contributed by atoms with van der Waals surface area (Å²) in [6, 6.07) is 0. The van der Waals surface area contributed by atoms with Crippen molar-refractivity contribution in [1.82, 2.24) is 19.2 Å². The van der Waals surface area contributed by atoms with Gasteiger partial charge in [-0.05, 0) is 0 Å². The highest BCUT2D eigenvalue weighted by atomic mass is 33.1. The Balaban J connectivity index is 1.55. The van der Waals surface area contributed by atoms with Gasteiger partial charge in [0.25, 0.3) is 0 Å². The highest BCUT2D eigenvalue weighted by Gasteiger charge is 2.25. The maximum Gasteiger partial charge on any atom is 0.217 e. The van der Waals surface area contributed by atoms with Crippen LogP contribution in [0.2, 0.25) is 0 Å². The van der Waals surface area contributed by atoms with E-state index in [1.54, 1.807) is 22.0 Å². The first-order valence-electron chi connectivity index (χ1n) is 4.77. The molecule has 2 N–H and O–H groups in total. The van der Waals surface area contributed by atoms with Crippen LogP contribution >= 0.6 is 43.9 Å². The van der Waals surface area contributed by atoms with E-state index in [0.29, 0.717) is 0 Å². The van der Waals surface area contributed by atoms with E-state index in [2.05, 4.69) is 28.0 Å². The number of piperazine rings is 1. The van der Waals surface area contributed by atoms with Crippen molar-refractivity contribution in [2.24, 2.45) is 8.80 Å². The van der Waals surface area contributed by atoms with Crippen LogP contribution in [0.4, 0.5) is 0 Å². The lowest BCUT2D eigenvalue weighted by molar-refractivity contribution is 0.254. The average Bonchev–Trinajstić information content (AvgIpc) is 3.03. The van der Waals surface area contributed by atoms with Crippen LogP contribution in [0.25, 0.3) is 0 Å².